The molecule has 0 aliphatic heterocycles. The number of benzene rings is 7. The monoisotopic (exact) mass is 1090 g/mol. The van der Waals surface area contributed by atoms with Gasteiger partial charge in [-0.05, 0) is 72.3 Å². The summed E-state index contributed by atoms with van der Waals surface area (Å²) in [5.74, 6) is -4.47. The van der Waals surface area contributed by atoms with E-state index in [1.54, 1.807) is 73.3 Å². The SMILES string of the molecule is O=C(O)/C=C/c1ccccc1.O=C(O)CSc1nc2ccccc2s1.O=C(O)c1cc(-c2ccccc2)nc(-c2ccccc2)c1.O=C(O)c1cc(-c2ccccc2)nc2ccccc12.O=C(O)c1ccc(-n2ccnc2)cc1. The Labute approximate surface area is 460 Å². The molecule has 4 heterocycles. The van der Waals surface area contributed by atoms with Crippen molar-refractivity contribution in [3.63, 3.8) is 0 Å². The zero-order valence-corrected chi connectivity index (χ0v) is 43.3. The van der Waals surface area contributed by atoms with E-state index in [9.17, 15) is 34.2 Å². The number of hydrogen-bond acceptors (Lipinski definition) is 11. The van der Waals surface area contributed by atoms with Gasteiger partial charge < -0.3 is 30.1 Å². The van der Waals surface area contributed by atoms with E-state index in [0.717, 1.165) is 48.6 Å². The van der Waals surface area contributed by atoms with Crippen molar-refractivity contribution in [2.24, 2.45) is 0 Å². The molecule has 0 saturated heterocycles. The highest BCUT2D eigenvalue weighted by Crippen LogP contribution is 2.30. The van der Waals surface area contributed by atoms with Gasteiger partial charge in [-0.3, -0.25) is 4.79 Å². The van der Waals surface area contributed by atoms with Gasteiger partial charge in [0.15, 0.2) is 4.34 Å². The van der Waals surface area contributed by atoms with Gasteiger partial charge in [0.1, 0.15) is 0 Å². The van der Waals surface area contributed by atoms with Gasteiger partial charge in [-0.1, -0.05) is 163 Å². The lowest BCUT2D eigenvalue weighted by Gasteiger charge is -2.07. The Kier molecular flexibility index (Phi) is 20.3. The Morgan fingerprint density at radius 1 is 0.506 bits per heavy atom. The number of rotatable bonds is 12. The van der Waals surface area contributed by atoms with Crippen molar-refractivity contribution >= 4 is 80.1 Å². The molecule has 0 radical (unpaired) electrons. The first-order chi connectivity index (χ1) is 38.3. The summed E-state index contributed by atoms with van der Waals surface area (Å²) in [6.45, 7) is 0. The number of pyridine rings is 2. The number of imidazole rings is 1. The van der Waals surface area contributed by atoms with E-state index in [4.69, 9.17) is 15.3 Å². The van der Waals surface area contributed by atoms with E-state index in [0.29, 0.717) is 28.0 Å². The second-order valence-corrected chi connectivity index (χ2v) is 18.7. The fourth-order valence-electron chi connectivity index (χ4n) is 7.23. The quantitative estimate of drug-likeness (QED) is 0.0564. The molecule has 0 amide bonds. The summed E-state index contributed by atoms with van der Waals surface area (Å²) in [5, 5.41) is 44.8. The van der Waals surface area contributed by atoms with Crippen molar-refractivity contribution in [3.05, 3.63) is 259 Å². The fourth-order valence-corrected chi connectivity index (χ4v) is 9.02. The predicted octanol–water partition coefficient (Wildman–Crippen LogP) is 13.5. The number of carbonyl (C=O) groups is 5. The van der Waals surface area contributed by atoms with Crippen LogP contribution in [0.1, 0.15) is 36.6 Å². The van der Waals surface area contributed by atoms with Crippen molar-refractivity contribution < 1.29 is 49.5 Å². The zero-order chi connectivity index (χ0) is 55.9. The second kappa shape index (κ2) is 28.5. The number of aromatic nitrogens is 5. The molecule has 0 aliphatic carbocycles. The Morgan fingerprint density at radius 2 is 1.01 bits per heavy atom. The van der Waals surface area contributed by atoms with Gasteiger partial charge >= 0.3 is 29.8 Å². The fraction of sp³-hybridized carbons (Fsp3) is 0.0161. The minimum Gasteiger partial charge on any atom is -0.481 e. The van der Waals surface area contributed by atoms with E-state index in [2.05, 4.69) is 19.9 Å². The number of carboxylic acids is 5. The average Bonchev–Trinajstić information content (AvgIpc) is 4.22. The van der Waals surface area contributed by atoms with E-state index in [1.165, 1.54) is 23.1 Å². The highest BCUT2D eigenvalue weighted by Gasteiger charge is 2.14. The maximum atomic E-state index is 11.4. The number of hydrogen-bond donors (Lipinski definition) is 5. The molecule has 0 aliphatic rings. The van der Waals surface area contributed by atoms with Crippen LogP contribution >= 0.6 is 23.1 Å². The summed E-state index contributed by atoms with van der Waals surface area (Å²) >= 11 is 2.79. The molecule has 79 heavy (non-hydrogen) atoms. The van der Waals surface area contributed by atoms with Crippen LogP contribution in [0, 0.1) is 0 Å². The van der Waals surface area contributed by atoms with Crippen LogP contribution < -0.4 is 0 Å². The number of thiazole rings is 1. The third kappa shape index (κ3) is 17.1. The highest BCUT2D eigenvalue weighted by atomic mass is 32.2. The molecule has 4 aromatic heterocycles. The number of aliphatic carboxylic acids is 2. The van der Waals surface area contributed by atoms with Crippen LogP contribution in [-0.2, 0) is 9.59 Å². The summed E-state index contributed by atoms with van der Waals surface area (Å²) in [6, 6.07) is 64.5. The van der Waals surface area contributed by atoms with E-state index >= 15 is 0 Å². The Morgan fingerprint density at radius 3 is 1.51 bits per heavy atom. The van der Waals surface area contributed by atoms with Gasteiger partial charge in [0.25, 0.3) is 0 Å². The smallest absolute Gasteiger partial charge is 0.336 e. The van der Waals surface area contributed by atoms with Crippen molar-refractivity contribution in [3.8, 4) is 39.5 Å². The molecular formula is C62H47N5O10S2. The molecule has 0 fully saturated rings. The first kappa shape index (κ1) is 56.4. The number of thioether (sulfide) groups is 1. The Balaban J connectivity index is 0.000000146. The molecule has 5 N–H and O–H groups in total. The molecule has 0 saturated carbocycles. The molecule has 7 aromatic carbocycles. The minimum atomic E-state index is -0.952. The molecule has 0 bridgehead atoms. The molecule has 17 heteroatoms. The average molecular weight is 1090 g/mol. The van der Waals surface area contributed by atoms with Gasteiger partial charge in [0.05, 0.1) is 61.6 Å². The highest BCUT2D eigenvalue weighted by molar-refractivity contribution is 8.01. The normalized spacial score (nSPS) is 10.3. The van der Waals surface area contributed by atoms with Crippen LogP contribution in [-0.4, -0.2) is 85.6 Å². The first-order valence-corrected chi connectivity index (χ1v) is 25.6. The standard InChI is InChI=1S/C18H13NO2.C16H11NO2.C10H8N2O2.C9H7NO2S2.C9H8O2/c20-18(21)15-11-16(13-7-3-1-4-8-13)19-17(12-15)14-9-5-2-6-10-14;18-16(19)13-10-15(11-6-2-1-3-7-11)17-14-9-5-4-8-12(13)14;13-10(14)8-1-3-9(4-2-8)12-6-5-11-7-12;11-8(12)5-13-9-10-6-3-1-2-4-7(6)14-9;10-9(11)7-6-8-4-2-1-3-5-8/h1-12H,(H,20,21);1-10H,(H,18,19);1-7H,(H,13,14);1-4H,5H2,(H,11,12);1-7H,(H,10,11)/b;;;;7-6+. The predicted molar refractivity (Wildman–Crippen MR) is 308 cm³/mol. The molecule has 15 nitrogen and oxygen atoms in total. The van der Waals surface area contributed by atoms with E-state index in [1.807, 2.05) is 168 Å². The van der Waals surface area contributed by atoms with Crippen molar-refractivity contribution in [1.82, 2.24) is 24.5 Å². The number of para-hydroxylation sites is 2. The van der Waals surface area contributed by atoms with Gasteiger partial charge in [-0.2, -0.15) is 0 Å². The van der Waals surface area contributed by atoms with Gasteiger partial charge in [-0.25, -0.2) is 39.1 Å². The van der Waals surface area contributed by atoms with Crippen LogP contribution in [0.25, 0.3) is 66.7 Å². The van der Waals surface area contributed by atoms with Gasteiger partial charge in [-0.15, -0.1) is 11.3 Å². The lowest BCUT2D eigenvalue weighted by molar-refractivity contribution is -0.134. The summed E-state index contributed by atoms with van der Waals surface area (Å²) in [4.78, 5) is 71.0. The molecule has 0 spiro atoms. The van der Waals surface area contributed by atoms with Crippen LogP contribution in [0.3, 0.4) is 0 Å². The summed E-state index contributed by atoms with van der Waals surface area (Å²) < 4.78 is 3.72. The summed E-state index contributed by atoms with van der Waals surface area (Å²) in [5.41, 5.74) is 8.95. The third-order valence-electron chi connectivity index (χ3n) is 11.0. The molecule has 0 unspecified atom stereocenters. The number of fused-ring (bicyclic) bond motifs is 2. The Bertz CT molecular complexity index is 3740. The first-order valence-electron chi connectivity index (χ1n) is 23.8. The van der Waals surface area contributed by atoms with Crippen LogP contribution in [0.4, 0.5) is 0 Å². The summed E-state index contributed by atoms with van der Waals surface area (Å²) in [7, 11) is 0. The Hall–Kier alpha value is -10.4. The largest absolute Gasteiger partial charge is 0.481 e. The second-order valence-electron chi connectivity index (χ2n) is 16.4. The number of aromatic carboxylic acids is 3. The van der Waals surface area contributed by atoms with Crippen LogP contribution in [0.5, 0.6) is 0 Å². The van der Waals surface area contributed by atoms with E-state index < -0.39 is 29.8 Å². The minimum absolute atomic E-state index is 0.0693. The lowest BCUT2D eigenvalue weighted by atomic mass is 10.0. The molecule has 392 valence electrons. The lowest BCUT2D eigenvalue weighted by Crippen LogP contribution is -2.00. The van der Waals surface area contributed by atoms with E-state index in [-0.39, 0.29) is 22.4 Å². The molecule has 0 atom stereocenters. The maximum Gasteiger partial charge on any atom is 0.336 e. The molecular weight excluding hydrogens is 1040 g/mol. The molecule has 11 aromatic rings. The maximum absolute atomic E-state index is 11.4. The van der Waals surface area contributed by atoms with Gasteiger partial charge in [0, 0.05) is 46.2 Å². The van der Waals surface area contributed by atoms with Crippen molar-refractivity contribution in [2.45, 2.75) is 4.34 Å². The van der Waals surface area contributed by atoms with Crippen molar-refractivity contribution in [2.75, 3.05) is 5.75 Å². The third-order valence-corrected chi connectivity index (χ3v) is 13.1. The van der Waals surface area contributed by atoms with Crippen LogP contribution in [0.2, 0.25) is 0 Å². The van der Waals surface area contributed by atoms with Crippen molar-refractivity contribution in [1.29, 1.82) is 0 Å². The number of nitrogens with zero attached hydrogens (tertiary/aromatic N) is 5. The number of carboxylic acid groups (broad SMARTS) is 5. The molecule has 11 rings (SSSR count). The van der Waals surface area contributed by atoms with Gasteiger partial charge in [0.2, 0.25) is 0 Å². The zero-order valence-electron chi connectivity index (χ0n) is 41.6. The van der Waals surface area contributed by atoms with Crippen LogP contribution in [0.15, 0.2) is 241 Å². The topological polar surface area (TPSA) is 243 Å². The summed E-state index contributed by atoms with van der Waals surface area (Å²) in [6.07, 6.45) is 7.81.